The minimum atomic E-state index is -3.58. The Balaban J connectivity index is 1.51. The lowest BCUT2D eigenvalue weighted by Gasteiger charge is -2.19. The Morgan fingerprint density at radius 3 is 2.16 bits per heavy atom. The van der Waals surface area contributed by atoms with Crippen molar-refractivity contribution in [2.24, 2.45) is 0 Å². The second-order valence-electron chi connectivity index (χ2n) is 7.37. The van der Waals surface area contributed by atoms with Crippen LogP contribution in [0.25, 0.3) is 0 Å². The van der Waals surface area contributed by atoms with Crippen LogP contribution in [0.1, 0.15) is 5.56 Å². The smallest absolute Gasteiger partial charge is 0.206 e. The molecule has 6 nitrogen and oxygen atoms in total. The Kier molecular flexibility index (Phi) is 8.35. The molecule has 0 saturated carbocycles. The summed E-state index contributed by atoms with van der Waals surface area (Å²) in [7, 11) is -3.58. The fraction of sp³-hybridized carbons (Fsp3) is 0.250. The fourth-order valence-corrected chi connectivity index (χ4v) is 4.39. The summed E-state index contributed by atoms with van der Waals surface area (Å²) in [6, 6.07) is 20.0. The molecule has 170 valence electrons. The third-order valence-corrected chi connectivity index (χ3v) is 6.67. The van der Waals surface area contributed by atoms with Gasteiger partial charge in [0.05, 0.1) is 16.4 Å². The maximum absolute atomic E-state index is 12.9. The zero-order valence-corrected chi connectivity index (χ0v) is 18.2. The van der Waals surface area contributed by atoms with Crippen LogP contribution in [0.2, 0.25) is 0 Å². The number of aliphatic hydroxyl groups excluding tert-OH is 2. The van der Waals surface area contributed by atoms with Gasteiger partial charge in [0.1, 0.15) is 24.3 Å². The Hall–Kier alpha value is -2.78. The molecule has 0 radical (unpaired) electrons. The highest BCUT2D eigenvalue weighted by molar-refractivity contribution is 7.91. The van der Waals surface area contributed by atoms with Crippen LogP contribution in [0.3, 0.4) is 0 Å². The van der Waals surface area contributed by atoms with Gasteiger partial charge in [-0.25, -0.2) is 12.8 Å². The van der Waals surface area contributed by atoms with E-state index in [0.717, 1.165) is 5.56 Å². The number of benzene rings is 3. The largest absolute Gasteiger partial charge is 0.491 e. The third-order valence-electron chi connectivity index (χ3n) is 4.89. The van der Waals surface area contributed by atoms with Crippen LogP contribution in [0.15, 0.2) is 88.7 Å². The average Bonchev–Trinajstić information content (AvgIpc) is 2.82. The van der Waals surface area contributed by atoms with Crippen LogP contribution < -0.4 is 10.1 Å². The molecule has 0 aliphatic rings. The van der Waals surface area contributed by atoms with Crippen molar-refractivity contribution < 1.29 is 27.8 Å². The lowest BCUT2D eigenvalue weighted by Crippen LogP contribution is -2.41. The Bertz CT molecular complexity index is 1070. The molecule has 0 aromatic heterocycles. The normalized spacial score (nSPS) is 13.5. The van der Waals surface area contributed by atoms with Gasteiger partial charge in [-0.1, -0.05) is 30.3 Å². The molecule has 3 rings (SSSR count). The first-order valence-corrected chi connectivity index (χ1v) is 11.7. The highest BCUT2D eigenvalue weighted by atomic mass is 32.2. The highest BCUT2D eigenvalue weighted by Gasteiger charge is 2.17. The first-order chi connectivity index (χ1) is 15.4. The average molecular weight is 460 g/mol. The fourth-order valence-electron chi connectivity index (χ4n) is 3.11. The molecule has 0 aliphatic carbocycles. The maximum atomic E-state index is 12.9. The molecule has 0 heterocycles. The van der Waals surface area contributed by atoms with Crippen molar-refractivity contribution in [2.75, 3.05) is 19.8 Å². The zero-order valence-electron chi connectivity index (χ0n) is 17.4. The van der Waals surface area contributed by atoms with Gasteiger partial charge in [0.25, 0.3) is 0 Å². The predicted octanol–water partition coefficient (Wildman–Crippen LogP) is 2.59. The summed E-state index contributed by atoms with van der Waals surface area (Å²) >= 11 is 0. The van der Waals surface area contributed by atoms with Crippen LogP contribution in [0, 0.1) is 5.82 Å². The topological polar surface area (TPSA) is 95.9 Å². The van der Waals surface area contributed by atoms with E-state index in [1.807, 2.05) is 0 Å². The monoisotopic (exact) mass is 459 g/mol. The van der Waals surface area contributed by atoms with E-state index in [9.17, 15) is 23.0 Å². The molecule has 0 spiro atoms. The standard InChI is InChI=1S/C24H26FNO5S/c25-19-8-10-22(11-9-19)31-17-21(28)15-26-20(16-27)14-18-6-12-24(13-7-18)32(29,30)23-4-2-1-3-5-23/h1-13,20-21,26-28H,14-17H2. The number of nitrogens with one attached hydrogen (secondary N) is 1. The van der Waals surface area contributed by atoms with Crippen molar-refractivity contribution in [3.8, 4) is 5.75 Å². The Morgan fingerprint density at radius 1 is 0.906 bits per heavy atom. The van der Waals surface area contributed by atoms with E-state index >= 15 is 0 Å². The summed E-state index contributed by atoms with van der Waals surface area (Å²) in [5, 5.41) is 22.8. The quantitative estimate of drug-likeness (QED) is 0.408. The molecule has 8 heteroatoms. The first-order valence-electron chi connectivity index (χ1n) is 10.2. The lowest BCUT2D eigenvalue weighted by molar-refractivity contribution is 0.0997. The van der Waals surface area contributed by atoms with Gasteiger partial charge in [-0.3, -0.25) is 0 Å². The number of sulfone groups is 1. The van der Waals surface area contributed by atoms with Crippen molar-refractivity contribution in [1.82, 2.24) is 5.32 Å². The van der Waals surface area contributed by atoms with Gasteiger partial charge in [-0.05, 0) is 60.5 Å². The van der Waals surface area contributed by atoms with E-state index < -0.39 is 15.9 Å². The number of hydrogen-bond acceptors (Lipinski definition) is 6. The van der Waals surface area contributed by atoms with Crippen molar-refractivity contribution in [1.29, 1.82) is 0 Å². The molecule has 3 N–H and O–H groups in total. The van der Waals surface area contributed by atoms with Crippen molar-refractivity contribution in [2.45, 2.75) is 28.4 Å². The van der Waals surface area contributed by atoms with E-state index in [4.69, 9.17) is 4.74 Å². The molecule has 0 aliphatic heterocycles. The molecule has 3 aromatic carbocycles. The molecule has 3 aromatic rings. The molecular weight excluding hydrogens is 433 g/mol. The Morgan fingerprint density at radius 2 is 1.53 bits per heavy atom. The SMILES string of the molecule is O=S(=O)(c1ccccc1)c1ccc(CC(CO)NCC(O)COc2ccc(F)cc2)cc1. The zero-order chi connectivity index (χ0) is 23.0. The molecular formula is C24H26FNO5S. The van der Waals surface area contributed by atoms with Gasteiger partial charge in [0.2, 0.25) is 9.84 Å². The molecule has 2 unspecified atom stereocenters. The third kappa shape index (κ3) is 6.61. The summed E-state index contributed by atoms with van der Waals surface area (Å²) in [5.74, 6) is 0.0887. The minimum Gasteiger partial charge on any atom is -0.491 e. The van der Waals surface area contributed by atoms with Crippen molar-refractivity contribution in [3.05, 3.63) is 90.2 Å². The van der Waals surface area contributed by atoms with E-state index in [-0.39, 0.29) is 41.4 Å². The molecule has 2 atom stereocenters. The van der Waals surface area contributed by atoms with E-state index in [1.165, 1.54) is 24.3 Å². The summed E-state index contributed by atoms with van der Waals surface area (Å²) in [6.45, 7) is 0.0469. The van der Waals surface area contributed by atoms with E-state index in [2.05, 4.69) is 5.32 Å². The van der Waals surface area contributed by atoms with Gasteiger partial charge >= 0.3 is 0 Å². The summed E-state index contributed by atoms with van der Waals surface area (Å²) in [5.41, 5.74) is 0.848. The summed E-state index contributed by atoms with van der Waals surface area (Å²) in [4.78, 5) is 0.439. The molecule has 32 heavy (non-hydrogen) atoms. The number of ether oxygens (including phenoxy) is 1. The van der Waals surface area contributed by atoms with Crippen LogP contribution in [-0.4, -0.2) is 50.5 Å². The molecule has 0 amide bonds. The maximum Gasteiger partial charge on any atom is 0.206 e. The highest BCUT2D eigenvalue weighted by Crippen LogP contribution is 2.21. The van der Waals surface area contributed by atoms with E-state index in [1.54, 1.807) is 54.6 Å². The first kappa shape index (κ1) is 23.9. The Labute approximate surface area is 187 Å². The number of hydrogen-bond donors (Lipinski definition) is 3. The summed E-state index contributed by atoms with van der Waals surface area (Å²) < 4.78 is 43.7. The van der Waals surface area contributed by atoms with Gasteiger partial charge in [-0.15, -0.1) is 0 Å². The van der Waals surface area contributed by atoms with Crippen LogP contribution >= 0.6 is 0 Å². The number of halogens is 1. The van der Waals surface area contributed by atoms with Crippen LogP contribution in [0.5, 0.6) is 5.75 Å². The van der Waals surface area contributed by atoms with Crippen LogP contribution in [0.4, 0.5) is 4.39 Å². The van der Waals surface area contributed by atoms with Gasteiger partial charge in [0, 0.05) is 12.6 Å². The second-order valence-corrected chi connectivity index (χ2v) is 9.32. The van der Waals surface area contributed by atoms with Gasteiger partial charge in [0.15, 0.2) is 0 Å². The second kappa shape index (κ2) is 11.2. The van der Waals surface area contributed by atoms with E-state index in [0.29, 0.717) is 12.2 Å². The minimum absolute atomic E-state index is 0.0167. The molecule has 0 saturated heterocycles. The predicted molar refractivity (Wildman–Crippen MR) is 119 cm³/mol. The molecule has 0 bridgehead atoms. The van der Waals surface area contributed by atoms with Crippen molar-refractivity contribution >= 4 is 9.84 Å². The summed E-state index contributed by atoms with van der Waals surface area (Å²) in [6.07, 6.45) is -0.374. The number of aliphatic hydroxyl groups is 2. The lowest BCUT2D eigenvalue weighted by atomic mass is 10.1. The van der Waals surface area contributed by atoms with Crippen LogP contribution in [-0.2, 0) is 16.3 Å². The molecule has 0 fully saturated rings. The number of rotatable bonds is 11. The van der Waals surface area contributed by atoms with Gasteiger partial charge in [-0.2, -0.15) is 0 Å². The van der Waals surface area contributed by atoms with Gasteiger partial charge < -0.3 is 20.3 Å². The van der Waals surface area contributed by atoms with Crippen molar-refractivity contribution in [3.63, 3.8) is 0 Å².